The molecule has 2 heteroatoms. The Morgan fingerprint density at radius 2 is 1.74 bits per heavy atom. The van der Waals surface area contributed by atoms with Gasteiger partial charge in [0, 0.05) is 12.6 Å². The first-order chi connectivity index (χ1) is 8.84. The van der Waals surface area contributed by atoms with Crippen molar-refractivity contribution in [3.63, 3.8) is 0 Å². The van der Waals surface area contributed by atoms with Crippen molar-refractivity contribution in [3.05, 3.63) is 0 Å². The van der Waals surface area contributed by atoms with Crippen LogP contribution in [-0.4, -0.2) is 37.1 Å². The van der Waals surface area contributed by atoms with E-state index in [0.717, 1.165) is 18.4 Å². The van der Waals surface area contributed by atoms with E-state index >= 15 is 0 Å². The summed E-state index contributed by atoms with van der Waals surface area (Å²) in [4.78, 5) is 2.68. The molecule has 1 rings (SSSR count). The zero-order valence-corrected chi connectivity index (χ0v) is 14.1. The molecular weight excluding hydrogens is 232 g/mol. The predicted molar refractivity (Wildman–Crippen MR) is 85.5 cm³/mol. The van der Waals surface area contributed by atoms with Crippen molar-refractivity contribution < 1.29 is 0 Å². The maximum atomic E-state index is 3.75. The van der Waals surface area contributed by atoms with Crippen LogP contribution in [0.1, 0.15) is 60.8 Å². The van der Waals surface area contributed by atoms with E-state index in [1.54, 1.807) is 0 Å². The van der Waals surface area contributed by atoms with Crippen LogP contribution in [0.25, 0.3) is 0 Å². The number of nitrogens with one attached hydrogen (secondary N) is 1. The highest BCUT2D eigenvalue weighted by Gasteiger charge is 2.28. The van der Waals surface area contributed by atoms with Gasteiger partial charge in [0.25, 0.3) is 0 Å². The van der Waals surface area contributed by atoms with Crippen molar-refractivity contribution >= 4 is 0 Å². The molecule has 1 saturated heterocycles. The molecule has 0 radical (unpaired) electrons. The quantitative estimate of drug-likeness (QED) is 0.789. The van der Waals surface area contributed by atoms with Gasteiger partial charge in [-0.25, -0.2) is 0 Å². The van der Waals surface area contributed by atoms with Gasteiger partial charge in [0.1, 0.15) is 0 Å². The molecular formula is C17H36N2. The molecule has 114 valence electrons. The van der Waals surface area contributed by atoms with Gasteiger partial charge in [0.15, 0.2) is 0 Å². The predicted octanol–water partition coefficient (Wildman–Crippen LogP) is 3.77. The minimum atomic E-state index is 0.351. The molecule has 1 aliphatic rings. The topological polar surface area (TPSA) is 15.3 Å². The van der Waals surface area contributed by atoms with E-state index in [0.29, 0.717) is 11.5 Å². The van der Waals surface area contributed by atoms with E-state index in [4.69, 9.17) is 0 Å². The van der Waals surface area contributed by atoms with E-state index in [-0.39, 0.29) is 0 Å². The van der Waals surface area contributed by atoms with Gasteiger partial charge in [-0.2, -0.15) is 0 Å². The molecule has 0 bridgehead atoms. The summed E-state index contributed by atoms with van der Waals surface area (Å²) in [6.07, 6.45) is 4.01. The Hall–Kier alpha value is -0.0800. The highest BCUT2D eigenvalue weighted by atomic mass is 15.2. The van der Waals surface area contributed by atoms with Crippen LogP contribution in [-0.2, 0) is 0 Å². The average Bonchev–Trinajstić information content (AvgIpc) is 2.33. The Balaban J connectivity index is 2.43. The Morgan fingerprint density at radius 3 is 2.16 bits per heavy atom. The fourth-order valence-corrected chi connectivity index (χ4v) is 3.02. The average molecular weight is 268 g/mol. The minimum Gasteiger partial charge on any atom is -0.312 e. The molecule has 1 aliphatic heterocycles. The first kappa shape index (κ1) is 17.0. The number of hydrogen-bond acceptors (Lipinski definition) is 2. The summed E-state index contributed by atoms with van der Waals surface area (Å²) in [7, 11) is 0. The number of likely N-dealkylation sites (tertiary alicyclic amines) is 1. The SMILES string of the molecule is CCCNC(CN1CCC(C(C)C)CC1)C(C)(C)C. The molecule has 1 unspecified atom stereocenters. The second-order valence-corrected chi connectivity index (χ2v) is 7.75. The summed E-state index contributed by atoms with van der Waals surface area (Å²) in [5.41, 5.74) is 0.351. The molecule has 0 saturated carbocycles. The third-order valence-corrected chi connectivity index (χ3v) is 4.70. The molecule has 1 atom stereocenters. The van der Waals surface area contributed by atoms with Gasteiger partial charge >= 0.3 is 0 Å². The largest absolute Gasteiger partial charge is 0.312 e. The van der Waals surface area contributed by atoms with Crippen molar-refractivity contribution in [3.8, 4) is 0 Å². The Morgan fingerprint density at radius 1 is 1.16 bits per heavy atom. The zero-order valence-electron chi connectivity index (χ0n) is 14.1. The van der Waals surface area contributed by atoms with Crippen LogP contribution in [0.3, 0.4) is 0 Å². The molecule has 0 aromatic heterocycles. The summed E-state index contributed by atoms with van der Waals surface area (Å²) >= 11 is 0. The van der Waals surface area contributed by atoms with Gasteiger partial charge in [0.2, 0.25) is 0 Å². The van der Waals surface area contributed by atoms with Crippen molar-refractivity contribution in [2.45, 2.75) is 66.8 Å². The van der Waals surface area contributed by atoms with E-state index < -0.39 is 0 Å². The number of nitrogens with zero attached hydrogens (tertiary/aromatic N) is 1. The lowest BCUT2D eigenvalue weighted by atomic mass is 9.84. The van der Waals surface area contributed by atoms with E-state index in [2.05, 4.69) is 51.8 Å². The van der Waals surface area contributed by atoms with Crippen LogP contribution in [0.4, 0.5) is 0 Å². The fraction of sp³-hybridized carbons (Fsp3) is 1.00. The summed E-state index contributed by atoms with van der Waals surface area (Å²) in [5.74, 6) is 1.81. The smallest absolute Gasteiger partial charge is 0.0243 e. The number of rotatable bonds is 6. The standard InChI is InChI=1S/C17H36N2/c1-7-10-18-16(17(4,5)6)13-19-11-8-15(9-12-19)14(2)3/h14-16,18H,7-13H2,1-6H3. The Bertz CT molecular complexity index is 234. The summed E-state index contributed by atoms with van der Waals surface area (Å²) in [6.45, 7) is 19.0. The summed E-state index contributed by atoms with van der Waals surface area (Å²) in [6, 6.07) is 0.614. The minimum absolute atomic E-state index is 0.351. The molecule has 19 heavy (non-hydrogen) atoms. The molecule has 2 nitrogen and oxygen atoms in total. The van der Waals surface area contributed by atoms with E-state index in [1.807, 2.05) is 0 Å². The van der Waals surface area contributed by atoms with Crippen LogP contribution < -0.4 is 5.32 Å². The third-order valence-electron chi connectivity index (χ3n) is 4.70. The van der Waals surface area contributed by atoms with Crippen LogP contribution >= 0.6 is 0 Å². The lowest BCUT2D eigenvalue weighted by Crippen LogP contribution is -2.50. The Labute approximate surface area is 121 Å². The van der Waals surface area contributed by atoms with Crippen molar-refractivity contribution in [1.29, 1.82) is 0 Å². The van der Waals surface area contributed by atoms with Crippen molar-refractivity contribution in [2.75, 3.05) is 26.2 Å². The first-order valence-corrected chi connectivity index (χ1v) is 8.30. The maximum Gasteiger partial charge on any atom is 0.0243 e. The van der Waals surface area contributed by atoms with Gasteiger partial charge in [-0.15, -0.1) is 0 Å². The zero-order chi connectivity index (χ0) is 14.5. The highest BCUT2D eigenvalue weighted by molar-refractivity contribution is 4.85. The second-order valence-electron chi connectivity index (χ2n) is 7.75. The van der Waals surface area contributed by atoms with Gasteiger partial charge in [-0.1, -0.05) is 41.5 Å². The van der Waals surface area contributed by atoms with Crippen LogP contribution in [0.15, 0.2) is 0 Å². The Kier molecular flexibility index (Phi) is 6.82. The first-order valence-electron chi connectivity index (χ1n) is 8.30. The lowest BCUT2D eigenvalue weighted by molar-refractivity contribution is 0.118. The maximum absolute atomic E-state index is 3.75. The molecule has 1 heterocycles. The summed E-state index contributed by atoms with van der Waals surface area (Å²) in [5, 5.41) is 3.75. The van der Waals surface area contributed by atoms with Gasteiger partial charge in [-0.3, -0.25) is 0 Å². The number of piperidine rings is 1. The van der Waals surface area contributed by atoms with Crippen molar-refractivity contribution in [1.82, 2.24) is 10.2 Å². The second kappa shape index (κ2) is 7.64. The molecule has 1 N–H and O–H groups in total. The number of hydrogen-bond donors (Lipinski definition) is 1. The van der Waals surface area contributed by atoms with Crippen LogP contribution in [0.5, 0.6) is 0 Å². The molecule has 0 spiro atoms. The van der Waals surface area contributed by atoms with Gasteiger partial charge < -0.3 is 10.2 Å². The molecule has 1 fully saturated rings. The molecule has 0 aliphatic carbocycles. The van der Waals surface area contributed by atoms with Crippen LogP contribution in [0.2, 0.25) is 0 Å². The van der Waals surface area contributed by atoms with Crippen molar-refractivity contribution in [2.24, 2.45) is 17.3 Å². The van der Waals surface area contributed by atoms with Gasteiger partial charge in [0.05, 0.1) is 0 Å². The van der Waals surface area contributed by atoms with E-state index in [1.165, 1.54) is 38.9 Å². The molecule has 0 aromatic carbocycles. The normalized spacial score (nSPS) is 21.0. The highest BCUT2D eigenvalue weighted by Crippen LogP contribution is 2.26. The third kappa shape index (κ3) is 5.83. The summed E-state index contributed by atoms with van der Waals surface area (Å²) < 4.78 is 0. The van der Waals surface area contributed by atoms with Gasteiger partial charge in [-0.05, 0) is 56.1 Å². The molecule has 0 aromatic rings. The monoisotopic (exact) mass is 268 g/mol. The molecule has 0 amide bonds. The lowest BCUT2D eigenvalue weighted by Gasteiger charge is -2.40. The van der Waals surface area contributed by atoms with E-state index in [9.17, 15) is 0 Å². The fourth-order valence-electron chi connectivity index (χ4n) is 3.02. The van der Waals surface area contributed by atoms with Crippen LogP contribution in [0, 0.1) is 17.3 Å².